The minimum atomic E-state index is 0.179. The van der Waals surface area contributed by atoms with E-state index in [1.165, 1.54) is 5.56 Å². The third kappa shape index (κ3) is 3.93. The first-order valence-corrected chi connectivity index (χ1v) is 10.5. The Labute approximate surface area is 176 Å². The predicted molar refractivity (Wildman–Crippen MR) is 115 cm³/mol. The molecule has 7 heteroatoms. The number of hydrogen-bond donors (Lipinski definition) is 0. The monoisotopic (exact) mass is 402 g/mol. The highest BCUT2D eigenvalue weighted by molar-refractivity contribution is 5.81. The molecule has 4 heterocycles. The van der Waals surface area contributed by atoms with Gasteiger partial charge in [0.15, 0.2) is 0 Å². The van der Waals surface area contributed by atoms with E-state index in [0.717, 1.165) is 55.9 Å². The van der Waals surface area contributed by atoms with Crippen LogP contribution < -0.4 is 4.74 Å². The molecule has 0 aliphatic carbocycles. The third-order valence-electron chi connectivity index (χ3n) is 5.81. The second kappa shape index (κ2) is 8.28. The summed E-state index contributed by atoms with van der Waals surface area (Å²) >= 11 is 0. The molecule has 0 N–H and O–H groups in total. The second-order valence-corrected chi connectivity index (χ2v) is 7.89. The lowest BCUT2D eigenvalue weighted by molar-refractivity contribution is 0.0926. The van der Waals surface area contributed by atoms with Crippen LogP contribution in [0.2, 0.25) is 0 Å². The molecule has 0 bridgehead atoms. The van der Waals surface area contributed by atoms with Crippen LogP contribution >= 0.6 is 0 Å². The van der Waals surface area contributed by atoms with E-state index in [4.69, 9.17) is 4.74 Å². The van der Waals surface area contributed by atoms with Crippen LogP contribution in [0.5, 0.6) is 5.88 Å². The zero-order chi connectivity index (χ0) is 20.3. The molecule has 0 unspecified atom stereocenters. The number of ether oxygens (including phenoxy) is 1. The molecule has 7 nitrogen and oxygen atoms in total. The summed E-state index contributed by atoms with van der Waals surface area (Å²) < 4.78 is 10.6. The molecule has 0 radical (unpaired) electrons. The molecule has 1 saturated heterocycles. The van der Waals surface area contributed by atoms with Gasteiger partial charge in [-0.2, -0.15) is 0 Å². The molecule has 0 atom stereocenters. The van der Waals surface area contributed by atoms with Crippen molar-refractivity contribution in [3.63, 3.8) is 0 Å². The van der Waals surface area contributed by atoms with E-state index in [2.05, 4.69) is 65.5 Å². The van der Waals surface area contributed by atoms with Crippen molar-refractivity contribution in [2.45, 2.75) is 32.0 Å². The molecular weight excluding hydrogens is 376 g/mol. The first-order chi connectivity index (χ1) is 14.8. The molecule has 1 aliphatic heterocycles. The lowest BCUT2D eigenvalue weighted by atomic mass is 10.1. The zero-order valence-electron chi connectivity index (χ0n) is 17.2. The summed E-state index contributed by atoms with van der Waals surface area (Å²) in [6.45, 7) is 3.67. The Balaban J connectivity index is 1.24. The van der Waals surface area contributed by atoms with Crippen molar-refractivity contribution in [3.8, 4) is 5.88 Å². The van der Waals surface area contributed by atoms with E-state index in [0.29, 0.717) is 5.88 Å². The van der Waals surface area contributed by atoms with Crippen molar-refractivity contribution in [1.82, 2.24) is 29.0 Å². The van der Waals surface area contributed by atoms with Crippen LogP contribution in [0.25, 0.3) is 11.0 Å². The summed E-state index contributed by atoms with van der Waals surface area (Å²) in [5, 5.41) is 0.976. The Morgan fingerprint density at radius 3 is 2.57 bits per heavy atom. The fourth-order valence-corrected chi connectivity index (χ4v) is 4.07. The predicted octanol–water partition coefficient (Wildman–Crippen LogP) is 3.26. The first kappa shape index (κ1) is 18.8. The molecule has 4 aromatic rings. The van der Waals surface area contributed by atoms with Crippen LogP contribution in [0.4, 0.5) is 0 Å². The topological polar surface area (TPSA) is 61.0 Å². The summed E-state index contributed by atoms with van der Waals surface area (Å²) in [6, 6.07) is 12.5. The molecule has 0 saturated carbocycles. The lowest BCUT2D eigenvalue weighted by Crippen LogP contribution is -2.38. The fourth-order valence-electron chi connectivity index (χ4n) is 4.07. The molecule has 3 aromatic heterocycles. The average molecular weight is 403 g/mol. The number of nitrogens with zero attached hydrogens (tertiary/aromatic N) is 6. The number of aromatic nitrogens is 5. The SMILES string of the molecule is Cn1ccnc1CN1CCC(Oc2ncnc3c2ccn3Cc2ccccc2)CC1. The van der Waals surface area contributed by atoms with Crippen LogP contribution in [0.3, 0.4) is 0 Å². The van der Waals surface area contributed by atoms with E-state index in [-0.39, 0.29) is 6.10 Å². The summed E-state index contributed by atoms with van der Waals surface area (Å²) in [7, 11) is 2.04. The van der Waals surface area contributed by atoms with E-state index >= 15 is 0 Å². The van der Waals surface area contributed by atoms with Gasteiger partial charge in [-0.3, -0.25) is 4.90 Å². The van der Waals surface area contributed by atoms with Gasteiger partial charge >= 0.3 is 0 Å². The van der Waals surface area contributed by atoms with Crippen molar-refractivity contribution in [2.75, 3.05) is 13.1 Å². The van der Waals surface area contributed by atoms with E-state index in [9.17, 15) is 0 Å². The molecule has 5 rings (SSSR count). The number of piperidine rings is 1. The summed E-state index contributed by atoms with van der Waals surface area (Å²) in [6.07, 6.45) is 9.68. The van der Waals surface area contributed by atoms with Gasteiger partial charge in [-0.15, -0.1) is 0 Å². The van der Waals surface area contributed by atoms with Crippen molar-refractivity contribution in [1.29, 1.82) is 0 Å². The van der Waals surface area contributed by atoms with Crippen LogP contribution in [-0.2, 0) is 20.1 Å². The van der Waals surface area contributed by atoms with Crippen molar-refractivity contribution < 1.29 is 4.74 Å². The smallest absolute Gasteiger partial charge is 0.226 e. The highest BCUT2D eigenvalue weighted by atomic mass is 16.5. The number of rotatable bonds is 6. The van der Waals surface area contributed by atoms with E-state index in [1.807, 2.05) is 25.5 Å². The van der Waals surface area contributed by atoms with Crippen molar-refractivity contribution >= 4 is 11.0 Å². The number of benzene rings is 1. The van der Waals surface area contributed by atoms with Gasteiger partial charge in [0.05, 0.1) is 11.9 Å². The Bertz CT molecular complexity index is 1110. The van der Waals surface area contributed by atoms with Crippen LogP contribution in [0.1, 0.15) is 24.2 Å². The van der Waals surface area contributed by atoms with E-state index < -0.39 is 0 Å². The van der Waals surface area contributed by atoms with Crippen molar-refractivity contribution in [2.24, 2.45) is 7.05 Å². The normalized spacial score (nSPS) is 15.6. The fraction of sp³-hybridized carbons (Fsp3) is 0.348. The van der Waals surface area contributed by atoms with Gasteiger partial charge in [-0.25, -0.2) is 15.0 Å². The highest BCUT2D eigenvalue weighted by Gasteiger charge is 2.23. The summed E-state index contributed by atoms with van der Waals surface area (Å²) in [4.78, 5) is 15.8. The maximum absolute atomic E-state index is 6.33. The Kier molecular flexibility index (Phi) is 5.19. The van der Waals surface area contributed by atoms with Gasteiger partial charge in [0, 0.05) is 45.3 Å². The van der Waals surface area contributed by atoms with Gasteiger partial charge in [0.2, 0.25) is 5.88 Å². The number of fused-ring (bicyclic) bond motifs is 1. The maximum Gasteiger partial charge on any atom is 0.226 e. The van der Waals surface area contributed by atoms with Gasteiger partial charge in [0.25, 0.3) is 0 Å². The first-order valence-electron chi connectivity index (χ1n) is 10.5. The van der Waals surface area contributed by atoms with Gasteiger partial charge in [-0.1, -0.05) is 30.3 Å². The lowest BCUT2D eigenvalue weighted by Gasteiger charge is -2.31. The van der Waals surface area contributed by atoms with Gasteiger partial charge in [0.1, 0.15) is 23.9 Å². The summed E-state index contributed by atoms with van der Waals surface area (Å²) in [5.74, 6) is 1.79. The third-order valence-corrected chi connectivity index (χ3v) is 5.81. The Hall–Kier alpha value is -3.19. The number of likely N-dealkylation sites (tertiary alicyclic amines) is 1. The second-order valence-electron chi connectivity index (χ2n) is 7.89. The highest BCUT2D eigenvalue weighted by Crippen LogP contribution is 2.26. The standard InChI is InChI=1S/C23H26N6O/c1-27-14-10-24-21(27)16-28-11-7-19(8-12-28)30-23-20-9-13-29(22(20)25-17-26-23)15-18-5-3-2-4-6-18/h2-6,9-10,13-14,17,19H,7-8,11-12,15-16H2,1H3. The summed E-state index contributed by atoms with van der Waals surface area (Å²) in [5.41, 5.74) is 2.16. The minimum Gasteiger partial charge on any atom is -0.474 e. The van der Waals surface area contributed by atoms with Gasteiger partial charge < -0.3 is 13.9 Å². The molecule has 30 heavy (non-hydrogen) atoms. The number of imidazole rings is 1. The van der Waals surface area contributed by atoms with Crippen molar-refractivity contribution in [3.05, 3.63) is 72.7 Å². The average Bonchev–Trinajstić information content (AvgIpc) is 3.37. The van der Waals surface area contributed by atoms with Crippen LogP contribution in [-0.4, -0.2) is 48.2 Å². The zero-order valence-corrected chi connectivity index (χ0v) is 17.2. The largest absolute Gasteiger partial charge is 0.474 e. The molecule has 154 valence electrons. The quantitative estimate of drug-likeness (QED) is 0.495. The molecular formula is C23H26N6O. The molecule has 1 aromatic carbocycles. The van der Waals surface area contributed by atoms with Crippen LogP contribution in [0.15, 0.2) is 61.3 Å². The Morgan fingerprint density at radius 1 is 0.967 bits per heavy atom. The molecule has 0 amide bonds. The van der Waals surface area contributed by atoms with Gasteiger partial charge in [-0.05, 0) is 24.5 Å². The maximum atomic E-state index is 6.33. The Morgan fingerprint density at radius 2 is 1.80 bits per heavy atom. The minimum absolute atomic E-state index is 0.179. The molecule has 1 aliphatic rings. The molecule has 1 fully saturated rings. The molecule has 0 spiro atoms. The van der Waals surface area contributed by atoms with E-state index in [1.54, 1.807) is 6.33 Å². The van der Waals surface area contributed by atoms with Crippen LogP contribution in [0, 0.1) is 0 Å². The number of aryl methyl sites for hydroxylation is 1. The number of hydrogen-bond acceptors (Lipinski definition) is 5.